The molecule has 19 heavy (non-hydrogen) atoms. The number of nitrogens with two attached hydrogens (primary N) is 1. The highest BCUT2D eigenvalue weighted by Gasteiger charge is 2.17. The molecule has 1 aromatic heterocycles. The second kappa shape index (κ2) is 4.76. The summed E-state index contributed by atoms with van der Waals surface area (Å²) in [5.41, 5.74) is 7.30. The molecule has 0 saturated heterocycles. The number of hydrogen-bond donors (Lipinski definition) is 2. The molecule has 5 heteroatoms. The van der Waals surface area contributed by atoms with Gasteiger partial charge in [0.1, 0.15) is 0 Å². The molecule has 2 rings (SSSR count). The van der Waals surface area contributed by atoms with Gasteiger partial charge in [-0.1, -0.05) is 12.1 Å². The number of carbonyl (C=O) groups is 1. The van der Waals surface area contributed by atoms with Gasteiger partial charge >= 0.3 is 0 Å². The number of nitrogens with one attached hydrogen (secondary N) is 1. The lowest BCUT2D eigenvalue weighted by Gasteiger charge is -2.18. The third-order valence-corrected chi connectivity index (χ3v) is 2.74. The number of anilines is 2. The van der Waals surface area contributed by atoms with E-state index in [0.717, 1.165) is 0 Å². The van der Waals surface area contributed by atoms with Gasteiger partial charge < -0.3 is 11.1 Å². The minimum atomic E-state index is -0.214. The van der Waals surface area contributed by atoms with Crippen LogP contribution in [0.25, 0.3) is 0 Å². The van der Waals surface area contributed by atoms with Crippen LogP contribution < -0.4 is 11.1 Å². The lowest BCUT2D eigenvalue weighted by molar-refractivity contribution is 0.102. The number of rotatable bonds is 2. The van der Waals surface area contributed by atoms with Gasteiger partial charge in [0, 0.05) is 6.20 Å². The van der Waals surface area contributed by atoms with Crippen molar-refractivity contribution < 1.29 is 4.79 Å². The summed E-state index contributed by atoms with van der Waals surface area (Å²) in [4.78, 5) is 12.1. The Morgan fingerprint density at radius 1 is 1.32 bits per heavy atom. The second-order valence-corrected chi connectivity index (χ2v) is 5.39. The van der Waals surface area contributed by atoms with Crippen LogP contribution in [-0.4, -0.2) is 15.7 Å². The Kier molecular flexibility index (Phi) is 3.29. The van der Waals surface area contributed by atoms with E-state index in [-0.39, 0.29) is 11.4 Å². The van der Waals surface area contributed by atoms with Crippen LogP contribution in [0.4, 0.5) is 11.4 Å². The van der Waals surface area contributed by atoms with Crippen molar-refractivity contribution in [3.8, 4) is 0 Å². The SMILES string of the molecule is CC(C)(C)n1cc(C(=O)Nc2ccccc2N)cn1. The number of aromatic nitrogens is 2. The zero-order valence-electron chi connectivity index (χ0n) is 11.3. The average molecular weight is 258 g/mol. The van der Waals surface area contributed by atoms with Crippen molar-refractivity contribution in [2.75, 3.05) is 11.1 Å². The van der Waals surface area contributed by atoms with Crippen molar-refractivity contribution in [2.24, 2.45) is 0 Å². The Balaban J connectivity index is 2.17. The lowest BCUT2D eigenvalue weighted by atomic mass is 10.1. The van der Waals surface area contributed by atoms with Crippen LogP contribution in [0, 0.1) is 0 Å². The Morgan fingerprint density at radius 3 is 2.58 bits per heavy atom. The molecule has 1 heterocycles. The number of benzene rings is 1. The molecule has 2 aromatic rings. The van der Waals surface area contributed by atoms with Crippen molar-refractivity contribution in [3.05, 3.63) is 42.2 Å². The Morgan fingerprint density at radius 2 is 2.00 bits per heavy atom. The first-order valence-corrected chi connectivity index (χ1v) is 6.09. The van der Waals surface area contributed by atoms with Crippen LogP contribution in [0.5, 0.6) is 0 Å². The van der Waals surface area contributed by atoms with Crippen molar-refractivity contribution in [2.45, 2.75) is 26.3 Å². The maximum absolute atomic E-state index is 12.1. The molecular formula is C14H18N4O. The monoisotopic (exact) mass is 258 g/mol. The van der Waals surface area contributed by atoms with E-state index in [0.29, 0.717) is 16.9 Å². The van der Waals surface area contributed by atoms with Gasteiger partial charge in [-0.2, -0.15) is 5.10 Å². The van der Waals surface area contributed by atoms with Crippen molar-refractivity contribution in [1.82, 2.24) is 9.78 Å². The molecular weight excluding hydrogens is 240 g/mol. The maximum Gasteiger partial charge on any atom is 0.258 e. The van der Waals surface area contributed by atoms with E-state index in [2.05, 4.69) is 10.4 Å². The fraction of sp³-hybridized carbons (Fsp3) is 0.286. The Labute approximate surface area is 112 Å². The van der Waals surface area contributed by atoms with Crippen LogP contribution in [-0.2, 0) is 5.54 Å². The summed E-state index contributed by atoms with van der Waals surface area (Å²) in [6.07, 6.45) is 3.29. The maximum atomic E-state index is 12.1. The summed E-state index contributed by atoms with van der Waals surface area (Å²) in [5, 5.41) is 6.97. The summed E-state index contributed by atoms with van der Waals surface area (Å²) in [7, 11) is 0. The van der Waals surface area contributed by atoms with E-state index < -0.39 is 0 Å². The molecule has 0 fully saturated rings. The molecule has 3 N–H and O–H groups in total. The van der Waals surface area contributed by atoms with E-state index in [1.807, 2.05) is 32.9 Å². The first-order valence-electron chi connectivity index (χ1n) is 6.09. The number of carbonyl (C=O) groups excluding carboxylic acids is 1. The fourth-order valence-electron chi connectivity index (χ4n) is 1.61. The normalized spacial score (nSPS) is 11.3. The van der Waals surface area contributed by atoms with Crippen molar-refractivity contribution in [1.29, 1.82) is 0 Å². The van der Waals surface area contributed by atoms with Crippen LogP contribution in [0.3, 0.4) is 0 Å². The second-order valence-electron chi connectivity index (χ2n) is 5.39. The summed E-state index contributed by atoms with van der Waals surface area (Å²) >= 11 is 0. The van der Waals surface area contributed by atoms with Gasteiger partial charge in [0.15, 0.2) is 0 Å². The number of amides is 1. The van der Waals surface area contributed by atoms with Crippen LogP contribution in [0.2, 0.25) is 0 Å². The van der Waals surface area contributed by atoms with E-state index in [1.54, 1.807) is 29.2 Å². The number of nitrogen functional groups attached to an aromatic ring is 1. The molecule has 0 bridgehead atoms. The van der Waals surface area contributed by atoms with Gasteiger partial charge in [0.2, 0.25) is 0 Å². The summed E-state index contributed by atoms with van der Waals surface area (Å²) < 4.78 is 1.76. The van der Waals surface area contributed by atoms with Gasteiger partial charge in [-0.05, 0) is 32.9 Å². The van der Waals surface area contributed by atoms with Gasteiger partial charge in [-0.15, -0.1) is 0 Å². The predicted octanol–water partition coefficient (Wildman–Crippen LogP) is 2.47. The smallest absolute Gasteiger partial charge is 0.258 e. The fourth-order valence-corrected chi connectivity index (χ4v) is 1.61. The molecule has 0 atom stereocenters. The molecule has 0 saturated carbocycles. The average Bonchev–Trinajstić information content (AvgIpc) is 2.81. The van der Waals surface area contributed by atoms with Gasteiger partial charge in [0.05, 0.1) is 28.7 Å². The topological polar surface area (TPSA) is 72.9 Å². The minimum Gasteiger partial charge on any atom is -0.397 e. The predicted molar refractivity (Wildman–Crippen MR) is 76.0 cm³/mol. The molecule has 0 unspecified atom stereocenters. The highest BCUT2D eigenvalue weighted by molar-refractivity contribution is 6.05. The quantitative estimate of drug-likeness (QED) is 0.813. The first-order chi connectivity index (χ1) is 8.88. The molecule has 100 valence electrons. The summed E-state index contributed by atoms with van der Waals surface area (Å²) in [5.74, 6) is -0.214. The van der Waals surface area contributed by atoms with Gasteiger partial charge in [0.25, 0.3) is 5.91 Å². The summed E-state index contributed by atoms with van der Waals surface area (Å²) in [6, 6.07) is 7.16. The third kappa shape index (κ3) is 2.93. The van der Waals surface area contributed by atoms with Crippen LogP contribution >= 0.6 is 0 Å². The van der Waals surface area contributed by atoms with E-state index in [4.69, 9.17) is 5.73 Å². The number of hydrogen-bond acceptors (Lipinski definition) is 3. The minimum absolute atomic E-state index is 0.149. The number of para-hydroxylation sites is 2. The van der Waals surface area contributed by atoms with Crippen molar-refractivity contribution in [3.63, 3.8) is 0 Å². The Hall–Kier alpha value is -2.30. The van der Waals surface area contributed by atoms with Crippen molar-refractivity contribution >= 4 is 17.3 Å². The molecule has 5 nitrogen and oxygen atoms in total. The standard InChI is InChI=1S/C14H18N4O/c1-14(2,3)18-9-10(8-16-18)13(19)17-12-7-5-4-6-11(12)15/h4-9H,15H2,1-3H3,(H,17,19). The zero-order chi connectivity index (χ0) is 14.0. The van der Waals surface area contributed by atoms with Gasteiger partial charge in [-0.3, -0.25) is 9.48 Å². The van der Waals surface area contributed by atoms with Crippen LogP contribution in [0.1, 0.15) is 31.1 Å². The van der Waals surface area contributed by atoms with Gasteiger partial charge in [-0.25, -0.2) is 0 Å². The third-order valence-electron chi connectivity index (χ3n) is 2.74. The largest absolute Gasteiger partial charge is 0.397 e. The zero-order valence-corrected chi connectivity index (χ0v) is 11.3. The first kappa shape index (κ1) is 13.1. The molecule has 0 aliphatic heterocycles. The molecule has 0 aliphatic carbocycles. The van der Waals surface area contributed by atoms with E-state index in [9.17, 15) is 4.79 Å². The molecule has 0 aliphatic rings. The highest BCUT2D eigenvalue weighted by Crippen LogP contribution is 2.18. The molecule has 1 aromatic carbocycles. The number of nitrogens with zero attached hydrogens (tertiary/aromatic N) is 2. The lowest BCUT2D eigenvalue weighted by Crippen LogP contribution is -2.22. The Bertz CT molecular complexity index is 595. The van der Waals surface area contributed by atoms with E-state index >= 15 is 0 Å². The molecule has 0 radical (unpaired) electrons. The molecule has 0 spiro atoms. The van der Waals surface area contributed by atoms with Crippen LogP contribution in [0.15, 0.2) is 36.7 Å². The van der Waals surface area contributed by atoms with E-state index in [1.165, 1.54) is 0 Å². The summed E-state index contributed by atoms with van der Waals surface area (Å²) in [6.45, 7) is 6.07. The highest BCUT2D eigenvalue weighted by atomic mass is 16.1. The molecule has 1 amide bonds.